The number of hydrogen-bond acceptors (Lipinski definition) is 5. The number of piperazine rings is 1. The van der Waals surface area contributed by atoms with Crippen LogP contribution in [0.3, 0.4) is 0 Å². The van der Waals surface area contributed by atoms with Crippen LogP contribution in [0, 0.1) is 17.3 Å². The fourth-order valence-corrected chi connectivity index (χ4v) is 6.68. The molecule has 0 aromatic heterocycles. The molecule has 2 aromatic rings. The molecule has 3 atom stereocenters. The highest BCUT2D eigenvalue weighted by Crippen LogP contribution is 2.37. The third kappa shape index (κ3) is 6.50. The summed E-state index contributed by atoms with van der Waals surface area (Å²) < 4.78 is 5.51. The van der Waals surface area contributed by atoms with Crippen molar-refractivity contribution >= 4 is 23.3 Å². The summed E-state index contributed by atoms with van der Waals surface area (Å²) in [6.07, 6.45) is 2.29. The van der Waals surface area contributed by atoms with Gasteiger partial charge in [-0.25, -0.2) is 0 Å². The minimum Gasteiger partial charge on any atom is -0.378 e. The molecule has 3 aliphatic rings. The fraction of sp³-hybridized carbons (Fsp3) is 0.559. The summed E-state index contributed by atoms with van der Waals surface area (Å²) >= 11 is 0. The number of fused-ring (bicyclic) bond motifs is 1. The molecule has 1 aliphatic carbocycles. The topological polar surface area (TPSA) is 79.0 Å². The van der Waals surface area contributed by atoms with Crippen molar-refractivity contribution in [2.45, 2.75) is 78.4 Å². The zero-order chi connectivity index (χ0) is 29.3. The summed E-state index contributed by atoms with van der Waals surface area (Å²) in [5.74, 6) is -0.180. The first-order valence-corrected chi connectivity index (χ1v) is 15.2. The molecular weight excluding hydrogens is 514 g/mol. The van der Waals surface area contributed by atoms with Crippen molar-refractivity contribution in [3.63, 3.8) is 0 Å². The molecule has 2 aromatic carbocycles. The molecule has 0 saturated carbocycles. The minimum atomic E-state index is -0.818. The molecule has 7 nitrogen and oxygen atoms in total. The minimum absolute atomic E-state index is 0.0260. The van der Waals surface area contributed by atoms with Crippen LogP contribution in [0.5, 0.6) is 0 Å². The number of nitrogens with zero attached hydrogens (tertiary/aromatic N) is 2. The molecule has 0 unspecified atom stereocenters. The number of benzene rings is 2. The van der Waals surface area contributed by atoms with Crippen molar-refractivity contribution in [1.82, 2.24) is 10.2 Å². The summed E-state index contributed by atoms with van der Waals surface area (Å²) in [4.78, 5) is 46.5. The third-order valence-electron chi connectivity index (χ3n) is 8.58. The van der Waals surface area contributed by atoms with E-state index >= 15 is 0 Å². The number of hydrogen-bond donors (Lipinski definition) is 1. The molecule has 2 heterocycles. The number of ether oxygens (including phenoxy) is 1. The van der Waals surface area contributed by atoms with Gasteiger partial charge in [0.25, 0.3) is 0 Å². The number of rotatable bonds is 8. The number of carbonyl (C=O) groups is 3. The molecule has 0 spiro atoms. The quantitative estimate of drug-likeness (QED) is 0.506. The number of ketones is 1. The Hall–Kier alpha value is -3.19. The van der Waals surface area contributed by atoms with Gasteiger partial charge in [0.2, 0.25) is 11.8 Å². The molecule has 7 heteroatoms. The number of nitrogens with one attached hydrogen (secondary N) is 1. The Morgan fingerprint density at radius 3 is 2.15 bits per heavy atom. The van der Waals surface area contributed by atoms with Crippen molar-refractivity contribution in [1.29, 1.82) is 0 Å². The number of carbonyl (C=O) groups excluding carboxylic acids is 3. The van der Waals surface area contributed by atoms with E-state index in [4.69, 9.17) is 4.74 Å². The highest BCUT2D eigenvalue weighted by molar-refractivity contribution is 6.00. The lowest BCUT2D eigenvalue weighted by Gasteiger charge is -2.45. The van der Waals surface area contributed by atoms with E-state index in [1.165, 1.54) is 11.1 Å². The highest BCUT2D eigenvalue weighted by atomic mass is 16.5. The molecule has 2 fully saturated rings. The zero-order valence-electron chi connectivity index (χ0n) is 25.2. The van der Waals surface area contributed by atoms with E-state index in [1.807, 2.05) is 57.2 Å². The lowest BCUT2D eigenvalue weighted by atomic mass is 9.83. The molecular formula is C34H45N3O4. The van der Waals surface area contributed by atoms with Gasteiger partial charge in [-0.2, -0.15) is 0 Å². The Morgan fingerprint density at radius 2 is 1.59 bits per heavy atom. The zero-order valence-corrected chi connectivity index (χ0v) is 25.2. The van der Waals surface area contributed by atoms with E-state index in [2.05, 4.69) is 36.2 Å². The molecule has 2 aliphatic heterocycles. The monoisotopic (exact) mass is 559 g/mol. The predicted octanol–water partition coefficient (Wildman–Crippen LogP) is 4.73. The smallest absolute Gasteiger partial charge is 0.247 e. The summed E-state index contributed by atoms with van der Waals surface area (Å²) in [6, 6.07) is 14.1. The van der Waals surface area contributed by atoms with Gasteiger partial charge in [-0.1, -0.05) is 71.0 Å². The maximum absolute atomic E-state index is 14.5. The van der Waals surface area contributed by atoms with Crippen LogP contribution in [0.2, 0.25) is 0 Å². The van der Waals surface area contributed by atoms with Gasteiger partial charge in [-0.3, -0.25) is 14.4 Å². The Labute approximate surface area is 244 Å². The van der Waals surface area contributed by atoms with Crippen molar-refractivity contribution in [2.24, 2.45) is 17.3 Å². The van der Waals surface area contributed by atoms with E-state index in [9.17, 15) is 14.4 Å². The van der Waals surface area contributed by atoms with Crippen molar-refractivity contribution in [3.05, 3.63) is 65.2 Å². The van der Waals surface area contributed by atoms with Crippen molar-refractivity contribution in [2.75, 3.05) is 31.2 Å². The van der Waals surface area contributed by atoms with E-state index < -0.39 is 18.1 Å². The maximum Gasteiger partial charge on any atom is 0.247 e. The van der Waals surface area contributed by atoms with Gasteiger partial charge in [-0.05, 0) is 65.3 Å². The maximum atomic E-state index is 14.5. The Morgan fingerprint density at radius 1 is 0.976 bits per heavy atom. The van der Waals surface area contributed by atoms with Crippen molar-refractivity contribution < 1.29 is 19.1 Å². The summed E-state index contributed by atoms with van der Waals surface area (Å²) in [5, 5.41) is 3.11. The molecule has 0 radical (unpaired) electrons. The van der Waals surface area contributed by atoms with Crippen LogP contribution >= 0.6 is 0 Å². The van der Waals surface area contributed by atoms with Crippen LogP contribution in [-0.4, -0.2) is 60.9 Å². The molecule has 0 bridgehead atoms. The number of Topliss-reactive ketones (excluding diaryl/α,β-unsaturated/α-hetero) is 1. The SMILES string of the molecule is CC(C)C[C@@H]1C(=O)N[C@H](C2Cc3ccccc3C2)C(=O)N1[C@@H](C(=O)CC(C)(C)C)c1ccc(N2CCOCC2)cc1. The normalized spacial score (nSPS) is 22.6. The van der Waals surface area contributed by atoms with Crippen LogP contribution in [0.1, 0.15) is 70.2 Å². The second kappa shape index (κ2) is 12.0. The number of morpholine rings is 1. The lowest BCUT2D eigenvalue weighted by molar-refractivity contribution is -0.157. The van der Waals surface area contributed by atoms with Crippen LogP contribution in [0.4, 0.5) is 5.69 Å². The first kappa shape index (κ1) is 29.3. The van der Waals surface area contributed by atoms with Crippen LogP contribution < -0.4 is 10.2 Å². The van der Waals surface area contributed by atoms with Gasteiger partial charge in [0.05, 0.1) is 13.2 Å². The number of amides is 2. The van der Waals surface area contributed by atoms with Gasteiger partial charge in [0, 0.05) is 25.2 Å². The Kier molecular flexibility index (Phi) is 8.55. The Balaban J connectivity index is 1.52. The Bertz CT molecular complexity index is 1230. The standard InChI is InChI=1S/C34H45N3O4/c1-22(2)18-28-32(39)35-30(26-19-24-8-6-7-9-25(24)20-26)33(40)37(28)31(29(38)21-34(3,4)5)23-10-12-27(13-11-23)36-14-16-41-17-15-36/h6-13,22,26,28,30-31H,14-21H2,1-5H3,(H,35,39)/t28-,30-,31-/m1/s1. The van der Waals surface area contributed by atoms with Crippen LogP contribution in [0.15, 0.2) is 48.5 Å². The van der Waals surface area contributed by atoms with Gasteiger partial charge in [0.15, 0.2) is 5.78 Å². The lowest BCUT2D eigenvalue weighted by Crippen LogP contribution is -2.66. The predicted molar refractivity (Wildman–Crippen MR) is 161 cm³/mol. The first-order valence-electron chi connectivity index (χ1n) is 15.2. The molecule has 1 N–H and O–H groups in total. The van der Waals surface area contributed by atoms with E-state index in [0.29, 0.717) is 26.1 Å². The number of anilines is 1. The molecule has 220 valence electrons. The van der Waals surface area contributed by atoms with Gasteiger partial charge < -0.3 is 19.9 Å². The van der Waals surface area contributed by atoms with Crippen LogP contribution in [0.25, 0.3) is 0 Å². The van der Waals surface area contributed by atoms with Gasteiger partial charge in [0.1, 0.15) is 18.1 Å². The second-order valence-corrected chi connectivity index (χ2v) is 13.6. The summed E-state index contributed by atoms with van der Waals surface area (Å²) in [5.41, 5.74) is 4.04. The average Bonchev–Trinajstić information content (AvgIpc) is 3.36. The second-order valence-electron chi connectivity index (χ2n) is 13.6. The molecule has 2 amide bonds. The fourth-order valence-electron chi connectivity index (χ4n) is 6.68. The summed E-state index contributed by atoms with van der Waals surface area (Å²) in [7, 11) is 0. The van der Waals surface area contributed by atoms with Gasteiger partial charge >= 0.3 is 0 Å². The van der Waals surface area contributed by atoms with E-state index in [1.54, 1.807) is 4.90 Å². The van der Waals surface area contributed by atoms with Crippen LogP contribution in [-0.2, 0) is 32.0 Å². The first-order chi connectivity index (χ1) is 19.5. The highest BCUT2D eigenvalue weighted by Gasteiger charge is 2.49. The molecule has 5 rings (SSSR count). The van der Waals surface area contributed by atoms with E-state index in [0.717, 1.165) is 37.2 Å². The average molecular weight is 560 g/mol. The molecule has 2 saturated heterocycles. The summed E-state index contributed by atoms with van der Waals surface area (Å²) in [6.45, 7) is 13.2. The van der Waals surface area contributed by atoms with Crippen molar-refractivity contribution in [3.8, 4) is 0 Å². The third-order valence-corrected chi connectivity index (χ3v) is 8.58. The van der Waals surface area contributed by atoms with Gasteiger partial charge in [-0.15, -0.1) is 0 Å². The largest absolute Gasteiger partial charge is 0.378 e. The molecule has 41 heavy (non-hydrogen) atoms. The van der Waals surface area contributed by atoms with E-state index in [-0.39, 0.29) is 34.8 Å².